The fraction of sp³-hybridized carbons (Fsp3) is 0.267. The Hall–Kier alpha value is -1.17. The van der Waals surface area contributed by atoms with E-state index in [1.54, 1.807) is 30.4 Å². The van der Waals surface area contributed by atoms with E-state index >= 15 is 0 Å². The van der Waals surface area contributed by atoms with Gasteiger partial charge in [-0.1, -0.05) is 23.7 Å². The van der Waals surface area contributed by atoms with Gasteiger partial charge in [-0.15, -0.1) is 11.3 Å². The van der Waals surface area contributed by atoms with E-state index in [0.717, 1.165) is 10.5 Å². The minimum absolute atomic E-state index is 0.286. The Morgan fingerprint density at radius 1 is 1.22 bits per heavy atom. The molecule has 0 spiro atoms. The number of aromatic nitrogens is 2. The largest absolute Gasteiger partial charge is 0.380 e. The number of hydrogen-bond donors (Lipinski definition) is 0. The zero-order chi connectivity index (χ0) is 16.4. The molecule has 23 heavy (non-hydrogen) atoms. The molecular weight excluding hydrogens is 355 g/mol. The van der Waals surface area contributed by atoms with Crippen molar-refractivity contribution < 1.29 is 13.6 Å². The normalized spacial score (nSPS) is 12.1. The molecule has 0 aliphatic rings. The summed E-state index contributed by atoms with van der Waals surface area (Å²) < 4.78 is 26.2. The highest BCUT2D eigenvalue weighted by Crippen LogP contribution is 2.49. The van der Waals surface area contributed by atoms with Crippen molar-refractivity contribution in [2.24, 2.45) is 0 Å². The van der Waals surface area contributed by atoms with E-state index in [1.165, 1.54) is 11.3 Å². The molecule has 0 aliphatic carbocycles. The number of benzene rings is 1. The average Bonchev–Trinajstić information content (AvgIpc) is 3.08. The fourth-order valence-electron chi connectivity index (χ4n) is 2.34. The number of nitrogens with zero attached hydrogens (tertiary/aromatic N) is 2. The molecule has 122 valence electrons. The molecule has 0 amide bonds. The number of thiazole rings is 1. The molecule has 0 unspecified atom stereocenters. The SMILES string of the molecule is CCOP(=O)(OCC)c1c(-c2ccc(Cl)cc2)nc2sccn12. The molecule has 0 saturated carbocycles. The van der Waals surface area contributed by atoms with Crippen LogP contribution in [-0.2, 0) is 13.6 Å². The summed E-state index contributed by atoms with van der Waals surface area (Å²) in [6.45, 7) is 4.16. The molecule has 0 atom stereocenters. The van der Waals surface area contributed by atoms with E-state index < -0.39 is 7.60 Å². The summed E-state index contributed by atoms with van der Waals surface area (Å²) in [7, 11) is -3.48. The molecule has 0 N–H and O–H groups in total. The lowest BCUT2D eigenvalue weighted by Gasteiger charge is -2.17. The maximum absolute atomic E-state index is 13.3. The van der Waals surface area contributed by atoms with Gasteiger partial charge in [0.1, 0.15) is 5.69 Å². The summed E-state index contributed by atoms with van der Waals surface area (Å²) in [4.78, 5) is 5.35. The van der Waals surface area contributed by atoms with E-state index in [1.807, 2.05) is 23.7 Å². The first-order valence-electron chi connectivity index (χ1n) is 7.20. The average molecular weight is 371 g/mol. The number of rotatable bonds is 6. The van der Waals surface area contributed by atoms with Gasteiger partial charge in [-0.25, -0.2) is 4.98 Å². The van der Waals surface area contributed by atoms with Crippen LogP contribution in [0.3, 0.4) is 0 Å². The maximum Gasteiger partial charge on any atom is 0.380 e. The lowest BCUT2D eigenvalue weighted by Crippen LogP contribution is -2.17. The molecule has 0 saturated heterocycles. The van der Waals surface area contributed by atoms with Crippen LogP contribution in [0.15, 0.2) is 35.8 Å². The molecule has 1 aromatic carbocycles. The van der Waals surface area contributed by atoms with E-state index in [9.17, 15) is 4.57 Å². The van der Waals surface area contributed by atoms with Crippen molar-refractivity contribution in [3.63, 3.8) is 0 Å². The Balaban J connectivity index is 2.24. The van der Waals surface area contributed by atoms with Crippen LogP contribution in [0.5, 0.6) is 0 Å². The molecule has 2 heterocycles. The van der Waals surface area contributed by atoms with Crippen LogP contribution >= 0.6 is 30.5 Å². The lowest BCUT2D eigenvalue weighted by atomic mass is 10.2. The van der Waals surface area contributed by atoms with Gasteiger partial charge in [-0.2, -0.15) is 0 Å². The summed E-state index contributed by atoms with van der Waals surface area (Å²) >= 11 is 7.42. The zero-order valence-corrected chi connectivity index (χ0v) is 15.2. The third-order valence-corrected chi connectivity index (χ3v) is 6.36. The van der Waals surface area contributed by atoms with Crippen molar-refractivity contribution >= 4 is 40.9 Å². The zero-order valence-electron chi connectivity index (χ0n) is 12.7. The highest BCUT2D eigenvalue weighted by atomic mass is 35.5. The summed E-state index contributed by atoms with van der Waals surface area (Å²) in [6, 6.07) is 7.25. The minimum Gasteiger partial charge on any atom is -0.304 e. The minimum atomic E-state index is -3.48. The topological polar surface area (TPSA) is 52.8 Å². The van der Waals surface area contributed by atoms with Gasteiger partial charge in [0.15, 0.2) is 10.4 Å². The van der Waals surface area contributed by atoms with E-state index in [4.69, 9.17) is 20.6 Å². The van der Waals surface area contributed by atoms with E-state index in [-0.39, 0.29) is 13.2 Å². The second-order valence-corrected chi connectivity index (χ2v) is 7.92. The Labute approximate surface area is 143 Å². The number of imidazole rings is 1. The second kappa shape index (κ2) is 6.75. The maximum atomic E-state index is 13.3. The van der Waals surface area contributed by atoms with Crippen LogP contribution in [0.1, 0.15) is 13.8 Å². The highest BCUT2D eigenvalue weighted by Gasteiger charge is 2.35. The second-order valence-electron chi connectivity index (χ2n) is 4.68. The fourth-order valence-corrected chi connectivity index (χ4v) is 5.11. The van der Waals surface area contributed by atoms with Gasteiger partial charge in [-0.3, -0.25) is 8.97 Å². The molecule has 0 fully saturated rings. The van der Waals surface area contributed by atoms with Crippen molar-refractivity contribution in [1.29, 1.82) is 0 Å². The Bertz CT molecular complexity index is 849. The van der Waals surface area contributed by atoms with Crippen LogP contribution < -0.4 is 5.44 Å². The van der Waals surface area contributed by atoms with Gasteiger partial charge < -0.3 is 9.05 Å². The number of fused-ring (bicyclic) bond motifs is 1. The van der Waals surface area contributed by atoms with Crippen LogP contribution in [0.2, 0.25) is 5.02 Å². The number of hydrogen-bond acceptors (Lipinski definition) is 5. The van der Waals surface area contributed by atoms with Gasteiger partial charge in [0.2, 0.25) is 0 Å². The van der Waals surface area contributed by atoms with Crippen molar-refractivity contribution in [1.82, 2.24) is 9.38 Å². The van der Waals surface area contributed by atoms with Gasteiger partial charge in [0, 0.05) is 22.2 Å². The summed E-state index contributed by atoms with van der Waals surface area (Å²) in [6.07, 6.45) is 1.83. The summed E-state index contributed by atoms with van der Waals surface area (Å²) in [5.41, 5.74) is 1.87. The molecular formula is C15H16ClN2O3PS. The Morgan fingerprint density at radius 3 is 2.48 bits per heavy atom. The van der Waals surface area contributed by atoms with Gasteiger partial charge in [0.25, 0.3) is 0 Å². The van der Waals surface area contributed by atoms with Crippen LogP contribution in [0, 0.1) is 0 Å². The van der Waals surface area contributed by atoms with E-state index in [0.29, 0.717) is 16.2 Å². The first-order chi connectivity index (χ1) is 11.1. The third-order valence-electron chi connectivity index (χ3n) is 3.21. The third kappa shape index (κ3) is 3.10. The predicted octanol–water partition coefficient (Wildman–Crippen LogP) is 4.61. The highest BCUT2D eigenvalue weighted by molar-refractivity contribution is 7.62. The molecule has 0 radical (unpaired) electrons. The van der Waals surface area contributed by atoms with Crippen molar-refractivity contribution in [3.05, 3.63) is 40.9 Å². The van der Waals surface area contributed by atoms with Crippen molar-refractivity contribution in [3.8, 4) is 11.3 Å². The Morgan fingerprint density at radius 2 is 1.87 bits per heavy atom. The molecule has 2 aromatic heterocycles. The van der Waals surface area contributed by atoms with E-state index in [2.05, 4.69) is 4.98 Å². The van der Waals surface area contributed by atoms with Gasteiger partial charge in [0.05, 0.1) is 13.2 Å². The molecule has 3 aromatic rings. The first-order valence-corrected chi connectivity index (χ1v) is 10.00. The van der Waals surface area contributed by atoms with Crippen LogP contribution in [0.25, 0.3) is 16.2 Å². The van der Waals surface area contributed by atoms with Crippen molar-refractivity contribution in [2.45, 2.75) is 13.8 Å². The van der Waals surface area contributed by atoms with Gasteiger partial charge >= 0.3 is 7.60 Å². The Kier molecular flexibility index (Phi) is 4.90. The van der Waals surface area contributed by atoms with Gasteiger partial charge in [-0.05, 0) is 26.0 Å². The standard InChI is InChI=1S/C15H16ClN2O3PS/c1-3-20-22(19,21-4-2)14-13(11-5-7-12(16)8-6-11)17-15-18(14)9-10-23-15/h5-10H,3-4H2,1-2H3. The first kappa shape index (κ1) is 16.7. The molecule has 0 bridgehead atoms. The van der Waals surface area contributed by atoms with Crippen LogP contribution in [0.4, 0.5) is 0 Å². The lowest BCUT2D eigenvalue weighted by molar-refractivity contribution is 0.229. The van der Waals surface area contributed by atoms with Crippen molar-refractivity contribution in [2.75, 3.05) is 13.2 Å². The quantitative estimate of drug-likeness (QED) is 0.595. The smallest absolute Gasteiger partial charge is 0.304 e. The predicted molar refractivity (Wildman–Crippen MR) is 94.0 cm³/mol. The molecule has 3 rings (SSSR count). The monoisotopic (exact) mass is 370 g/mol. The number of halogens is 1. The molecule has 0 aliphatic heterocycles. The summed E-state index contributed by atoms with van der Waals surface area (Å²) in [5.74, 6) is 0. The summed E-state index contributed by atoms with van der Waals surface area (Å²) in [5, 5.41) is 2.52. The molecule has 8 heteroatoms. The molecule has 5 nitrogen and oxygen atoms in total. The van der Waals surface area contributed by atoms with Crippen LogP contribution in [-0.4, -0.2) is 22.6 Å².